The Kier molecular flexibility index (Phi) is 5.42. The van der Waals surface area contributed by atoms with Crippen LogP contribution in [0.5, 0.6) is 0 Å². The molecule has 0 aromatic carbocycles. The molecule has 0 aliphatic rings. The van der Waals surface area contributed by atoms with E-state index in [1.807, 2.05) is 0 Å². The smallest absolute Gasteiger partial charge is 0.243 e. The van der Waals surface area contributed by atoms with E-state index in [1.165, 1.54) is 0 Å². The minimum absolute atomic E-state index is 0.159. The van der Waals surface area contributed by atoms with Gasteiger partial charge in [0.2, 0.25) is 5.89 Å². The second-order valence-corrected chi connectivity index (χ2v) is 4.06. The number of hydrogen-bond donors (Lipinski definition) is 1. The molecule has 0 fully saturated rings. The number of hydrogen-bond acceptors (Lipinski definition) is 5. The van der Waals surface area contributed by atoms with Crippen LogP contribution >= 0.6 is 0 Å². The van der Waals surface area contributed by atoms with E-state index in [9.17, 15) is 0 Å². The molecule has 0 aliphatic carbocycles. The molecular formula is C11H21N3O2. The van der Waals surface area contributed by atoms with Crippen molar-refractivity contribution >= 4 is 0 Å². The molecule has 0 bridgehead atoms. The lowest BCUT2D eigenvalue weighted by Gasteiger charge is -2.12. The maximum absolute atomic E-state index is 6.00. The molecule has 0 saturated heterocycles. The normalized spacial score (nSPS) is 15.0. The van der Waals surface area contributed by atoms with Crippen LogP contribution in [0.3, 0.4) is 0 Å². The number of nitrogens with two attached hydrogens (primary N) is 1. The minimum atomic E-state index is -0.159. The molecule has 0 spiro atoms. The van der Waals surface area contributed by atoms with Gasteiger partial charge in [0.15, 0.2) is 5.82 Å². The van der Waals surface area contributed by atoms with Gasteiger partial charge in [0, 0.05) is 20.1 Å². The third kappa shape index (κ3) is 3.57. The summed E-state index contributed by atoms with van der Waals surface area (Å²) < 4.78 is 10.1. The summed E-state index contributed by atoms with van der Waals surface area (Å²) in [6.07, 6.45) is 2.67. The van der Waals surface area contributed by atoms with E-state index in [-0.39, 0.29) is 6.04 Å². The molecule has 0 saturated carbocycles. The summed E-state index contributed by atoms with van der Waals surface area (Å²) in [5, 5.41) is 3.90. The Bertz CT molecular complexity index is 301. The molecule has 1 aromatic rings. The van der Waals surface area contributed by atoms with Crippen molar-refractivity contribution in [2.24, 2.45) is 11.7 Å². The van der Waals surface area contributed by atoms with Gasteiger partial charge in [0.05, 0.1) is 6.04 Å². The van der Waals surface area contributed by atoms with E-state index in [2.05, 4.69) is 24.0 Å². The topological polar surface area (TPSA) is 74.2 Å². The van der Waals surface area contributed by atoms with Crippen molar-refractivity contribution in [1.29, 1.82) is 0 Å². The molecule has 0 radical (unpaired) electrons. The van der Waals surface area contributed by atoms with Gasteiger partial charge in [-0.05, 0) is 12.3 Å². The van der Waals surface area contributed by atoms with Crippen LogP contribution in [-0.2, 0) is 11.2 Å². The van der Waals surface area contributed by atoms with Gasteiger partial charge in [-0.2, -0.15) is 4.98 Å². The number of nitrogens with zero attached hydrogens (tertiary/aromatic N) is 2. The number of aromatic nitrogens is 2. The van der Waals surface area contributed by atoms with Crippen LogP contribution in [-0.4, -0.2) is 23.9 Å². The van der Waals surface area contributed by atoms with Crippen molar-refractivity contribution in [2.45, 2.75) is 39.2 Å². The van der Waals surface area contributed by atoms with Crippen molar-refractivity contribution in [3.8, 4) is 0 Å². The highest BCUT2D eigenvalue weighted by molar-refractivity contribution is 4.93. The van der Waals surface area contributed by atoms with Crippen LogP contribution in [0.4, 0.5) is 0 Å². The Morgan fingerprint density at radius 2 is 2.25 bits per heavy atom. The highest BCUT2D eigenvalue weighted by Crippen LogP contribution is 2.20. The summed E-state index contributed by atoms with van der Waals surface area (Å²) in [5.74, 6) is 1.61. The zero-order valence-electron chi connectivity index (χ0n) is 10.3. The highest BCUT2D eigenvalue weighted by atomic mass is 16.5. The molecule has 16 heavy (non-hydrogen) atoms. The molecular weight excluding hydrogens is 206 g/mol. The average molecular weight is 227 g/mol. The fourth-order valence-electron chi connectivity index (χ4n) is 1.38. The van der Waals surface area contributed by atoms with Gasteiger partial charge in [-0.1, -0.05) is 25.4 Å². The average Bonchev–Trinajstić information content (AvgIpc) is 2.76. The van der Waals surface area contributed by atoms with Crippen molar-refractivity contribution in [3.63, 3.8) is 0 Å². The first-order valence-corrected chi connectivity index (χ1v) is 5.76. The molecule has 1 aromatic heterocycles. The predicted octanol–water partition coefficient (Wildman–Crippen LogP) is 1.69. The Balaban J connectivity index is 2.50. The monoisotopic (exact) mass is 227 g/mol. The van der Waals surface area contributed by atoms with Crippen molar-refractivity contribution in [2.75, 3.05) is 13.7 Å². The fourth-order valence-corrected chi connectivity index (χ4v) is 1.38. The number of rotatable bonds is 7. The Labute approximate surface area is 96.4 Å². The van der Waals surface area contributed by atoms with Crippen LogP contribution in [0.15, 0.2) is 4.52 Å². The first-order chi connectivity index (χ1) is 7.69. The first-order valence-electron chi connectivity index (χ1n) is 5.76. The zero-order valence-corrected chi connectivity index (χ0v) is 10.3. The fraction of sp³-hybridized carbons (Fsp3) is 0.818. The van der Waals surface area contributed by atoms with E-state index in [1.54, 1.807) is 7.11 Å². The van der Waals surface area contributed by atoms with Crippen LogP contribution in [0.1, 0.15) is 44.4 Å². The van der Waals surface area contributed by atoms with Crippen molar-refractivity contribution < 1.29 is 9.26 Å². The van der Waals surface area contributed by atoms with E-state index in [0.717, 1.165) is 19.3 Å². The quantitative estimate of drug-likeness (QED) is 0.717. The van der Waals surface area contributed by atoms with Gasteiger partial charge in [-0.3, -0.25) is 0 Å². The molecule has 92 valence electrons. The number of ether oxygens (including phenoxy) is 1. The summed E-state index contributed by atoms with van der Waals surface area (Å²) in [4.78, 5) is 4.29. The maximum Gasteiger partial charge on any atom is 0.243 e. The molecule has 1 heterocycles. The van der Waals surface area contributed by atoms with Gasteiger partial charge in [-0.25, -0.2) is 0 Å². The van der Waals surface area contributed by atoms with Crippen LogP contribution in [0.2, 0.25) is 0 Å². The summed E-state index contributed by atoms with van der Waals surface area (Å²) >= 11 is 0. The third-order valence-electron chi connectivity index (χ3n) is 2.77. The molecule has 5 heteroatoms. The summed E-state index contributed by atoms with van der Waals surface area (Å²) in [7, 11) is 1.68. The van der Waals surface area contributed by atoms with Gasteiger partial charge in [-0.15, -0.1) is 0 Å². The molecule has 0 amide bonds. The zero-order chi connectivity index (χ0) is 12.0. The molecule has 5 nitrogen and oxygen atoms in total. The van der Waals surface area contributed by atoms with Gasteiger partial charge < -0.3 is 15.0 Å². The predicted molar refractivity (Wildman–Crippen MR) is 60.9 cm³/mol. The van der Waals surface area contributed by atoms with Crippen molar-refractivity contribution in [3.05, 3.63) is 11.7 Å². The SMILES string of the molecule is CCC(C)[C@H](N)c1nc(CCCOC)no1. The second kappa shape index (κ2) is 6.60. The van der Waals surface area contributed by atoms with E-state index >= 15 is 0 Å². The highest BCUT2D eigenvalue weighted by Gasteiger charge is 2.19. The Hall–Kier alpha value is -0.940. The number of methoxy groups -OCH3 is 1. The van der Waals surface area contributed by atoms with Gasteiger partial charge in [0.25, 0.3) is 0 Å². The van der Waals surface area contributed by atoms with E-state index < -0.39 is 0 Å². The molecule has 0 aliphatic heterocycles. The lowest BCUT2D eigenvalue weighted by atomic mass is 10.0. The lowest BCUT2D eigenvalue weighted by molar-refractivity contribution is 0.194. The summed E-state index contributed by atoms with van der Waals surface area (Å²) in [6, 6.07) is -0.159. The number of aryl methyl sites for hydroxylation is 1. The molecule has 1 unspecified atom stereocenters. The second-order valence-electron chi connectivity index (χ2n) is 4.06. The molecule has 2 atom stereocenters. The maximum atomic E-state index is 6.00. The van der Waals surface area contributed by atoms with E-state index in [0.29, 0.717) is 24.2 Å². The third-order valence-corrected chi connectivity index (χ3v) is 2.77. The van der Waals surface area contributed by atoms with Crippen molar-refractivity contribution in [1.82, 2.24) is 10.1 Å². The molecule has 1 rings (SSSR count). The first kappa shape index (κ1) is 13.1. The van der Waals surface area contributed by atoms with E-state index in [4.69, 9.17) is 15.0 Å². The van der Waals surface area contributed by atoms with Gasteiger partial charge in [0.1, 0.15) is 0 Å². The Morgan fingerprint density at radius 3 is 2.88 bits per heavy atom. The minimum Gasteiger partial charge on any atom is -0.385 e. The van der Waals surface area contributed by atoms with Crippen LogP contribution < -0.4 is 5.73 Å². The van der Waals surface area contributed by atoms with Crippen LogP contribution in [0.25, 0.3) is 0 Å². The lowest BCUT2D eigenvalue weighted by Crippen LogP contribution is -2.18. The van der Waals surface area contributed by atoms with Gasteiger partial charge >= 0.3 is 0 Å². The largest absolute Gasteiger partial charge is 0.385 e. The Morgan fingerprint density at radius 1 is 1.50 bits per heavy atom. The standard InChI is InChI=1S/C11H21N3O2/c1-4-8(2)10(12)11-13-9(14-16-11)6-5-7-15-3/h8,10H,4-7,12H2,1-3H3/t8?,10-/m0/s1. The molecule has 2 N–H and O–H groups in total. The van der Waals surface area contributed by atoms with Crippen LogP contribution in [0, 0.1) is 5.92 Å². The summed E-state index contributed by atoms with van der Waals surface area (Å²) in [5.41, 5.74) is 6.00. The summed E-state index contributed by atoms with van der Waals surface area (Å²) in [6.45, 7) is 4.89.